The van der Waals surface area contributed by atoms with Gasteiger partial charge in [0.05, 0.1) is 13.3 Å². The largest absolute Gasteiger partial charge is 0.504 e. The van der Waals surface area contributed by atoms with E-state index in [1.165, 1.54) is 20.4 Å². The van der Waals surface area contributed by atoms with Gasteiger partial charge in [0.1, 0.15) is 0 Å². The van der Waals surface area contributed by atoms with Gasteiger partial charge in [-0.05, 0) is 12.1 Å². The van der Waals surface area contributed by atoms with Gasteiger partial charge in [-0.3, -0.25) is 9.59 Å². The number of rotatable bonds is 3. The third kappa shape index (κ3) is 3.21. The second-order valence-corrected chi connectivity index (χ2v) is 3.18. The number of ether oxygens (including phenoxy) is 1. The molecule has 3 N–H and O–H groups in total. The Morgan fingerprint density at radius 3 is 2.72 bits per heavy atom. The normalized spacial score (nSPS) is 10.1. The first-order valence-electron chi connectivity index (χ1n) is 5.01. The number of para-hydroxylation sites is 1. The summed E-state index contributed by atoms with van der Waals surface area (Å²) in [6, 6.07) is 4.81. The fourth-order valence-electron chi connectivity index (χ4n) is 1.13. The molecular formula is C11H13N3O4. The van der Waals surface area contributed by atoms with Gasteiger partial charge in [-0.25, -0.2) is 5.43 Å². The summed E-state index contributed by atoms with van der Waals surface area (Å²) in [4.78, 5) is 21.9. The molecule has 0 saturated carbocycles. The van der Waals surface area contributed by atoms with E-state index in [9.17, 15) is 14.7 Å². The quantitative estimate of drug-likeness (QED) is 0.386. The van der Waals surface area contributed by atoms with Crippen molar-refractivity contribution in [2.45, 2.75) is 0 Å². The molecule has 1 aromatic rings. The van der Waals surface area contributed by atoms with E-state index in [1.54, 1.807) is 18.2 Å². The van der Waals surface area contributed by atoms with Crippen molar-refractivity contribution in [3.05, 3.63) is 23.8 Å². The lowest BCUT2D eigenvalue weighted by atomic mass is 10.2. The number of nitrogens with zero attached hydrogens (tertiary/aromatic N) is 1. The van der Waals surface area contributed by atoms with Gasteiger partial charge in [-0.1, -0.05) is 6.07 Å². The van der Waals surface area contributed by atoms with E-state index in [4.69, 9.17) is 4.74 Å². The van der Waals surface area contributed by atoms with E-state index in [2.05, 4.69) is 10.4 Å². The number of hydrogen-bond donors (Lipinski definition) is 3. The zero-order valence-corrected chi connectivity index (χ0v) is 9.93. The van der Waals surface area contributed by atoms with Crippen LogP contribution in [-0.4, -0.2) is 37.3 Å². The highest BCUT2D eigenvalue weighted by atomic mass is 16.5. The van der Waals surface area contributed by atoms with Crippen LogP contribution in [0.15, 0.2) is 23.3 Å². The summed E-state index contributed by atoms with van der Waals surface area (Å²) in [5.41, 5.74) is 2.37. The van der Waals surface area contributed by atoms with Crippen molar-refractivity contribution in [3.8, 4) is 11.5 Å². The Morgan fingerprint density at radius 1 is 1.39 bits per heavy atom. The SMILES string of the molecule is CNC(=O)C(=O)N/N=C/c1cccc(OC)c1O. The third-order valence-electron chi connectivity index (χ3n) is 2.05. The number of hydrazone groups is 1. The molecule has 1 rings (SSSR count). The number of carbonyl (C=O) groups excluding carboxylic acids is 2. The molecule has 0 saturated heterocycles. The molecule has 0 spiro atoms. The molecule has 0 radical (unpaired) electrons. The van der Waals surface area contributed by atoms with Crippen LogP contribution in [0.1, 0.15) is 5.56 Å². The molecule has 0 aliphatic rings. The number of benzene rings is 1. The molecule has 7 heteroatoms. The van der Waals surface area contributed by atoms with Crippen molar-refractivity contribution in [1.82, 2.24) is 10.7 Å². The average Bonchev–Trinajstić information content (AvgIpc) is 2.39. The highest BCUT2D eigenvalue weighted by Crippen LogP contribution is 2.27. The van der Waals surface area contributed by atoms with Gasteiger partial charge in [-0.15, -0.1) is 0 Å². The van der Waals surface area contributed by atoms with E-state index in [-0.39, 0.29) is 11.5 Å². The Bertz CT molecular complexity index is 485. The molecule has 0 aliphatic carbocycles. The molecule has 2 amide bonds. The number of amides is 2. The highest BCUT2D eigenvalue weighted by molar-refractivity contribution is 6.34. The monoisotopic (exact) mass is 251 g/mol. The van der Waals surface area contributed by atoms with Crippen LogP contribution in [0.25, 0.3) is 0 Å². The van der Waals surface area contributed by atoms with Crippen LogP contribution in [0.4, 0.5) is 0 Å². The number of phenols is 1. The smallest absolute Gasteiger partial charge is 0.329 e. The zero-order chi connectivity index (χ0) is 13.5. The van der Waals surface area contributed by atoms with Gasteiger partial charge in [0.2, 0.25) is 0 Å². The Balaban J connectivity index is 2.74. The van der Waals surface area contributed by atoms with E-state index in [1.807, 2.05) is 5.43 Å². The summed E-state index contributed by atoms with van der Waals surface area (Å²) in [7, 11) is 2.75. The first kappa shape index (κ1) is 13.5. The van der Waals surface area contributed by atoms with Crippen molar-refractivity contribution in [1.29, 1.82) is 0 Å². The molecule has 18 heavy (non-hydrogen) atoms. The molecule has 0 aliphatic heterocycles. The summed E-state index contributed by atoms with van der Waals surface area (Å²) < 4.78 is 4.91. The molecule has 0 atom stereocenters. The molecule has 0 unspecified atom stereocenters. The topological polar surface area (TPSA) is 100 Å². The van der Waals surface area contributed by atoms with Crippen molar-refractivity contribution in [3.63, 3.8) is 0 Å². The van der Waals surface area contributed by atoms with Crippen LogP contribution >= 0.6 is 0 Å². The summed E-state index contributed by atoms with van der Waals surface area (Å²) in [6.07, 6.45) is 1.21. The number of likely N-dealkylation sites (N-methyl/N-ethyl adjacent to an activating group) is 1. The van der Waals surface area contributed by atoms with Crippen molar-refractivity contribution < 1.29 is 19.4 Å². The van der Waals surface area contributed by atoms with Crippen LogP contribution in [0.5, 0.6) is 11.5 Å². The molecule has 96 valence electrons. The summed E-state index contributed by atoms with van der Waals surface area (Å²) in [6.45, 7) is 0. The number of hydrogen-bond acceptors (Lipinski definition) is 5. The Morgan fingerprint density at radius 2 is 2.11 bits per heavy atom. The van der Waals surface area contributed by atoms with Crippen LogP contribution in [0.3, 0.4) is 0 Å². The first-order valence-corrected chi connectivity index (χ1v) is 5.01. The van der Waals surface area contributed by atoms with Crippen molar-refractivity contribution >= 4 is 18.0 Å². The van der Waals surface area contributed by atoms with E-state index in [0.717, 1.165) is 0 Å². The van der Waals surface area contributed by atoms with E-state index < -0.39 is 11.8 Å². The van der Waals surface area contributed by atoms with Gasteiger partial charge in [0, 0.05) is 12.6 Å². The van der Waals surface area contributed by atoms with Gasteiger partial charge >= 0.3 is 11.8 Å². The molecule has 0 heterocycles. The zero-order valence-electron chi connectivity index (χ0n) is 9.93. The van der Waals surface area contributed by atoms with Crippen molar-refractivity contribution in [2.24, 2.45) is 5.10 Å². The number of aromatic hydroxyl groups is 1. The maximum absolute atomic E-state index is 11.0. The standard InChI is InChI=1S/C11H13N3O4/c1-12-10(16)11(17)14-13-6-7-4-3-5-8(18-2)9(7)15/h3-6,15H,1-2H3,(H,12,16)(H,14,17)/b13-6+. The van der Waals surface area contributed by atoms with Gasteiger partial charge in [0.15, 0.2) is 11.5 Å². The minimum atomic E-state index is -0.892. The third-order valence-corrected chi connectivity index (χ3v) is 2.05. The Hall–Kier alpha value is -2.57. The molecule has 0 bridgehead atoms. The predicted molar refractivity (Wildman–Crippen MR) is 64.5 cm³/mol. The van der Waals surface area contributed by atoms with E-state index >= 15 is 0 Å². The first-order chi connectivity index (χ1) is 8.60. The highest BCUT2D eigenvalue weighted by Gasteiger charge is 2.09. The van der Waals surface area contributed by atoms with Crippen LogP contribution in [-0.2, 0) is 9.59 Å². The maximum Gasteiger partial charge on any atom is 0.329 e. The lowest BCUT2D eigenvalue weighted by molar-refractivity contribution is -0.138. The van der Waals surface area contributed by atoms with Gasteiger partial charge in [-0.2, -0.15) is 5.10 Å². The summed E-state index contributed by atoms with van der Waals surface area (Å²) >= 11 is 0. The van der Waals surface area contributed by atoms with E-state index in [0.29, 0.717) is 5.56 Å². The van der Waals surface area contributed by atoms with Crippen molar-refractivity contribution in [2.75, 3.05) is 14.2 Å². The minimum absolute atomic E-state index is 0.0991. The minimum Gasteiger partial charge on any atom is -0.504 e. The Labute approximate surface area is 103 Å². The fourth-order valence-corrected chi connectivity index (χ4v) is 1.13. The number of phenolic OH excluding ortho intramolecular Hbond substituents is 1. The lowest BCUT2D eigenvalue weighted by Crippen LogP contribution is -2.35. The fraction of sp³-hybridized carbons (Fsp3) is 0.182. The molecule has 7 nitrogen and oxygen atoms in total. The van der Waals surface area contributed by atoms with Crippen LogP contribution in [0.2, 0.25) is 0 Å². The number of carbonyl (C=O) groups is 2. The second kappa shape index (κ2) is 6.24. The average molecular weight is 251 g/mol. The van der Waals surface area contributed by atoms with Gasteiger partial charge < -0.3 is 15.2 Å². The predicted octanol–water partition coefficient (Wildman–Crippen LogP) is -0.403. The second-order valence-electron chi connectivity index (χ2n) is 3.18. The molecule has 0 fully saturated rings. The van der Waals surface area contributed by atoms with Gasteiger partial charge in [0.25, 0.3) is 0 Å². The van der Waals surface area contributed by atoms with Crippen LogP contribution in [0, 0.1) is 0 Å². The lowest BCUT2D eigenvalue weighted by Gasteiger charge is -2.04. The Kier molecular flexibility index (Phi) is 4.67. The molecular weight excluding hydrogens is 238 g/mol. The maximum atomic E-state index is 11.0. The molecule has 1 aromatic carbocycles. The summed E-state index contributed by atoms with van der Waals surface area (Å²) in [5.74, 6) is -1.51. The molecule has 0 aromatic heterocycles. The van der Waals surface area contributed by atoms with Crippen LogP contribution < -0.4 is 15.5 Å². The number of methoxy groups -OCH3 is 1. The number of nitrogens with one attached hydrogen (secondary N) is 2. The summed E-state index contributed by atoms with van der Waals surface area (Å²) in [5, 5.41) is 15.4.